The third-order valence-electron chi connectivity index (χ3n) is 4.06. The molecule has 1 amide bonds. The van der Waals surface area contributed by atoms with Crippen molar-refractivity contribution in [2.45, 2.75) is 19.4 Å². The van der Waals surface area contributed by atoms with E-state index in [1.807, 2.05) is 25.1 Å². The maximum Gasteiger partial charge on any atom is 0.257 e. The highest BCUT2D eigenvalue weighted by atomic mass is 32.1. The Balaban J connectivity index is 1.47. The lowest BCUT2D eigenvalue weighted by Crippen LogP contribution is -2.17. The summed E-state index contributed by atoms with van der Waals surface area (Å²) in [7, 11) is 0. The van der Waals surface area contributed by atoms with E-state index in [9.17, 15) is 4.79 Å². The number of thiazole rings is 1. The van der Waals surface area contributed by atoms with Gasteiger partial charge in [0.15, 0.2) is 5.13 Å². The highest BCUT2D eigenvalue weighted by Gasteiger charge is 2.18. The number of hydrogen-bond donors (Lipinski definition) is 1. The molecule has 1 fully saturated rings. The minimum Gasteiger partial charge on any atom is -0.494 e. The normalized spacial score (nSPS) is 16.4. The van der Waals surface area contributed by atoms with Crippen molar-refractivity contribution in [3.63, 3.8) is 0 Å². The van der Waals surface area contributed by atoms with E-state index in [4.69, 9.17) is 14.2 Å². The molecule has 1 atom stereocenters. The smallest absolute Gasteiger partial charge is 0.257 e. The molecule has 8 heteroatoms. The molecule has 0 radical (unpaired) electrons. The lowest BCUT2D eigenvalue weighted by molar-refractivity contribution is 0.102. The third-order valence-corrected chi connectivity index (χ3v) is 5.00. The highest BCUT2D eigenvalue weighted by Crippen LogP contribution is 2.29. The summed E-state index contributed by atoms with van der Waals surface area (Å²) in [6.07, 6.45) is 2.37. The first-order valence-electron chi connectivity index (χ1n) is 8.76. The van der Waals surface area contributed by atoms with Crippen molar-refractivity contribution in [2.24, 2.45) is 0 Å². The largest absolute Gasteiger partial charge is 0.494 e. The second-order valence-corrected chi connectivity index (χ2v) is 7.05. The van der Waals surface area contributed by atoms with Gasteiger partial charge in [-0.1, -0.05) is 11.3 Å². The standard InChI is InChI=1S/C19H19N3O4S/c1-2-25-13-3-4-15-16(10-13)27-19(21-15)22-18(23)12-5-7-20-17(9-12)26-14-6-8-24-11-14/h3-5,7,9-10,14H,2,6,8,11H2,1H3,(H,21,22,23). The van der Waals surface area contributed by atoms with E-state index in [-0.39, 0.29) is 12.0 Å². The number of anilines is 1. The number of carbonyl (C=O) groups excluding carboxylic acids is 1. The number of carbonyl (C=O) groups is 1. The topological polar surface area (TPSA) is 82.6 Å². The predicted octanol–water partition coefficient (Wildman–Crippen LogP) is 3.51. The lowest BCUT2D eigenvalue weighted by Gasteiger charge is -2.11. The van der Waals surface area contributed by atoms with Gasteiger partial charge in [-0.15, -0.1) is 0 Å². The van der Waals surface area contributed by atoms with Gasteiger partial charge < -0.3 is 14.2 Å². The van der Waals surface area contributed by atoms with E-state index in [1.165, 1.54) is 11.3 Å². The Bertz CT molecular complexity index is 953. The lowest BCUT2D eigenvalue weighted by atomic mass is 10.2. The molecule has 140 valence electrons. The summed E-state index contributed by atoms with van der Waals surface area (Å²) in [6, 6.07) is 8.96. The van der Waals surface area contributed by atoms with Crippen LogP contribution < -0.4 is 14.8 Å². The van der Waals surface area contributed by atoms with Crippen LogP contribution in [0.4, 0.5) is 5.13 Å². The molecule has 4 rings (SSSR count). The summed E-state index contributed by atoms with van der Waals surface area (Å²) < 4.78 is 17.5. The van der Waals surface area contributed by atoms with Crippen LogP contribution in [0.15, 0.2) is 36.5 Å². The molecule has 0 bridgehead atoms. The Morgan fingerprint density at radius 3 is 3.11 bits per heavy atom. The van der Waals surface area contributed by atoms with Crippen LogP contribution >= 0.6 is 11.3 Å². The van der Waals surface area contributed by atoms with E-state index < -0.39 is 0 Å². The highest BCUT2D eigenvalue weighted by molar-refractivity contribution is 7.22. The number of rotatable bonds is 6. The van der Waals surface area contributed by atoms with Crippen LogP contribution in [0.1, 0.15) is 23.7 Å². The summed E-state index contributed by atoms with van der Waals surface area (Å²) in [5, 5.41) is 3.37. The van der Waals surface area contributed by atoms with Crippen LogP contribution in [-0.4, -0.2) is 41.8 Å². The first kappa shape index (κ1) is 17.7. The third kappa shape index (κ3) is 4.17. The first-order valence-corrected chi connectivity index (χ1v) is 9.58. The summed E-state index contributed by atoms with van der Waals surface area (Å²) in [5.74, 6) is 0.955. The zero-order chi connectivity index (χ0) is 18.6. The van der Waals surface area contributed by atoms with Gasteiger partial charge in [-0.2, -0.15) is 0 Å². The molecule has 1 aromatic carbocycles. The number of hydrogen-bond acceptors (Lipinski definition) is 7. The molecule has 1 aliphatic heterocycles. The first-order chi connectivity index (χ1) is 13.2. The minimum atomic E-state index is -0.256. The van der Waals surface area contributed by atoms with Gasteiger partial charge >= 0.3 is 0 Å². The summed E-state index contributed by atoms with van der Waals surface area (Å²) in [6.45, 7) is 3.78. The van der Waals surface area contributed by atoms with Gasteiger partial charge in [0.25, 0.3) is 5.91 Å². The quantitative estimate of drug-likeness (QED) is 0.699. The number of amides is 1. The second kappa shape index (κ2) is 7.89. The van der Waals surface area contributed by atoms with Crippen LogP contribution in [0, 0.1) is 0 Å². The van der Waals surface area contributed by atoms with Crippen molar-refractivity contribution in [3.05, 3.63) is 42.1 Å². The van der Waals surface area contributed by atoms with Gasteiger partial charge in [-0.25, -0.2) is 9.97 Å². The fourth-order valence-electron chi connectivity index (χ4n) is 2.78. The molecular formula is C19H19N3O4S. The van der Waals surface area contributed by atoms with Gasteiger partial charge in [0, 0.05) is 24.2 Å². The zero-order valence-electron chi connectivity index (χ0n) is 14.8. The molecule has 1 aliphatic rings. The summed E-state index contributed by atoms with van der Waals surface area (Å²) in [4.78, 5) is 21.2. The Morgan fingerprint density at radius 2 is 2.30 bits per heavy atom. The van der Waals surface area contributed by atoms with Gasteiger partial charge in [-0.05, 0) is 31.2 Å². The number of benzene rings is 1. The molecule has 3 heterocycles. The van der Waals surface area contributed by atoms with Gasteiger partial charge in [0.1, 0.15) is 11.9 Å². The maximum atomic E-state index is 12.6. The molecule has 0 aliphatic carbocycles. The molecule has 3 aromatic rings. The molecule has 0 saturated carbocycles. The van der Waals surface area contributed by atoms with Crippen LogP contribution in [0.5, 0.6) is 11.6 Å². The Hall–Kier alpha value is -2.71. The van der Waals surface area contributed by atoms with Crippen molar-refractivity contribution in [1.29, 1.82) is 0 Å². The van der Waals surface area contributed by atoms with Crippen LogP contribution in [0.3, 0.4) is 0 Å². The summed E-state index contributed by atoms with van der Waals surface area (Å²) >= 11 is 1.40. The van der Waals surface area contributed by atoms with Crippen molar-refractivity contribution < 1.29 is 19.0 Å². The molecular weight excluding hydrogens is 366 g/mol. The van der Waals surface area contributed by atoms with Crippen molar-refractivity contribution in [3.8, 4) is 11.6 Å². The molecule has 1 unspecified atom stereocenters. The number of ether oxygens (including phenoxy) is 3. The van der Waals surface area contributed by atoms with E-state index in [0.29, 0.717) is 36.4 Å². The monoisotopic (exact) mass is 385 g/mol. The van der Waals surface area contributed by atoms with Crippen LogP contribution in [-0.2, 0) is 4.74 Å². The van der Waals surface area contributed by atoms with Crippen LogP contribution in [0.25, 0.3) is 10.2 Å². The van der Waals surface area contributed by atoms with E-state index in [2.05, 4.69) is 15.3 Å². The molecule has 27 heavy (non-hydrogen) atoms. The number of pyridine rings is 1. The maximum absolute atomic E-state index is 12.6. The van der Waals surface area contributed by atoms with E-state index in [1.54, 1.807) is 18.3 Å². The molecule has 2 aromatic heterocycles. The Labute approximate surface area is 160 Å². The number of fused-ring (bicyclic) bond motifs is 1. The number of aromatic nitrogens is 2. The fourth-order valence-corrected chi connectivity index (χ4v) is 3.67. The van der Waals surface area contributed by atoms with E-state index >= 15 is 0 Å². The second-order valence-electron chi connectivity index (χ2n) is 6.02. The van der Waals surface area contributed by atoms with Crippen LogP contribution in [0.2, 0.25) is 0 Å². The summed E-state index contributed by atoms with van der Waals surface area (Å²) in [5.41, 5.74) is 1.28. The Kier molecular flexibility index (Phi) is 5.17. The zero-order valence-corrected chi connectivity index (χ0v) is 15.6. The fraction of sp³-hybridized carbons (Fsp3) is 0.316. The minimum absolute atomic E-state index is 0.0143. The van der Waals surface area contributed by atoms with Gasteiger partial charge in [-0.3, -0.25) is 10.1 Å². The molecule has 1 saturated heterocycles. The van der Waals surface area contributed by atoms with Crippen molar-refractivity contribution in [1.82, 2.24) is 9.97 Å². The average Bonchev–Trinajstić information content (AvgIpc) is 3.31. The van der Waals surface area contributed by atoms with Crippen molar-refractivity contribution in [2.75, 3.05) is 25.1 Å². The number of nitrogens with one attached hydrogen (secondary N) is 1. The predicted molar refractivity (Wildman–Crippen MR) is 103 cm³/mol. The number of nitrogens with zero attached hydrogens (tertiary/aromatic N) is 2. The molecule has 1 N–H and O–H groups in total. The van der Waals surface area contributed by atoms with Gasteiger partial charge in [0.2, 0.25) is 5.88 Å². The Morgan fingerprint density at radius 1 is 1.37 bits per heavy atom. The van der Waals surface area contributed by atoms with Gasteiger partial charge in [0.05, 0.1) is 30.0 Å². The van der Waals surface area contributed by atoms with Crippen molar-refractivity contribution >= 4 is 32.6 Å². The molecule has 7 nitrogen and oxygen atoms in total. The SMILES string of the molecule is CCOc1ccc2nc(NC(=O)c3ccnc(OC4CCOC4)c3)sc2c1. The molecule has 0 spiro atoms. The van der Waals surface area contributed by atoms with E-state index in [0.717, 1.165) is 22.4 Å². The average molecular weight is 385 g/mol.